The quantitative estimate of drug-likeness (QED) is 0.400. The van der Waals surface area contributed by atoms with Crippen molar-refractivity contribution in [3.8, 4) is 0 Å². The fraction of sp³-hybridized carbons (Fsp3) is 0.571. The second-order valence-electron chi connectivity index (χ2n) is 6.07. The summed E-state index contributed by atoms with van der Waals surface area (Å²) in [5, 5.41) is 32.9. The average Bonchev–Trinajstić information content (AvgIpc) is 2.44. The number of aliphatic hydroxyl groups is 2. The Kier molecular flexibility index (Phi) is 6.88. The fourth-order valence-corrected chi connectivity index (χ4v) is 1.93. The van der Waals surface area contributed by atoms with Gasteiger partial charge in [0.2, 0.25) is 5.15 Å². The van der Waals surface area contributed by atoms with Crippen molar-refractivity contribution in [2.24, 2.45) is 0 Å². The highest BCUT2D eigenvalue weighted by atomic mass is 35.5. The van der Waals surface area contributed by atoms with Crippen LogP contribution in [-0.4, -0.2) is 44.5 Å². The van der Waals surface area contributed by atoms with Crippen molar-refractivity contribution in [2.45, 2.75) is 45.0 Å². The maximum Gasteiger partial charge on any atom is 0.407 e. The lowest BCUT2D eigenvalue weighted by molar-refractivity contribution is -0.385. The van der Waals surface area contributed by atoms with Gasteiger partial charge in [-0.2, -0.15) is 0 Å². The minimum atomic E-state index is -1.41. The second kappa shape index (κ2) is 8.22. The number of aromatic nitrogens is 1. The summed E-state index contributed by atoms with van der Waals surface area (Å²) in [7, 11) is 0. The van der Waals surface area contributed by atoms with Crippen LogP contribution in [0.4, 0.5) is 10.5 Å². The molecule has 0 radical (unpaired) electrons. The zero-order chi connectivity index (χ0) is 18.5. The molecule has 0 spiro atoms. The summed E-state index contributed by atoms with van der Waals surface area (Å²) in [6, 6.07) is 1.05. The molecule has 0 fully saturated rings. The van der Waals surface area contributed by atoms with Gasteiger partial charge in [0, 0.05) is 24.4 Å². The number of amides is 1. The Bertz CT molecular complexity index is 605. The molecular formula is C14H20ClN3O6. The van der Waals surface area contributed by atoms with Crippen molar-refractivity contribution in [1.29, 1.82) is 0 Å². The molecule has 1 heterocycles. The molecule has 0 saturated carbocycles. The first kappa shape index (κ1) is 20.1. The summed E-state index contributed by atoms with van der Waals surface area (Å²) < 4.78 is 5.03. The summed E-state index contributed by atoms with van der Waals surface area (Å²) in [5.74, 6) is 0. The number of nitro groups is 1. The monoisotopic (exact) mass is 361 g/mol. The predicted molar refractivity (Wildman–Crippen MR) is 85.7 cm³/mol. The molecule has 9 nitrogen and oxygen atoms in total. The number of hydrogen-bond acceptors (Lipinski definition) is 7. The molecule has 3 N–H and O–H groups in total. The first-order valence-corrected chi connectivity index (χ1v) is 7.52. The highest BCUT2D eigenvalue weighted by Gasteiger charge is 2.23. The first-order chi connectivity index (χ1) is 11.0. The largest absolute Gasteiger partial charge is 0.444 e. The zero-order valence-electron chi connectivity index (χ0n) is 13.5. The summed E-state index contributed by atoms with van der Waals surface area (Å²) in [6.45, 7) is 5.19. The number of carbonyl (C=O) groups excluding carboxylic acids is 1. The Balaban J connectivity index is 2.59. The summed E-state index contributed by atoms with van der Waals surface area (Å²) in [6.07, 6.45) is -2.16. The van der Waals surface area contributed by atoms with Crippen LogP contribution in [0.2, 0.25) is 5.15 Å². The van der Waals surface area contributed by atoms with E-state index in [1.54, 1.807) is 20.8 Å². The van der Waals surface area contributed by atoms with Gasteiger partial charge in [-0.15, -0.1) is 0 Å². The highest BCUT2D eigenvalue weighted by Crippen LogP contribution is 2.27. The maximum absolute atomic E-state index is 11.5. The number of nitrogens with zero attached hydrogens (tertiary/aromatic N) is 2. The van der Waals surface area contributed by atoms with Crippen molar-refractivity contribution in [3.63, 3.8) is 0 Å². The van der Waals surface area contributed by atoms with E-state index in [2.05, 4.69) is 10.3 Å². The molecule has 2 unspecified atom stereocenters. The van der Waals surface area contributed by atoms with E-state index < -0.39 is 34.5 Å². The van der Waals surface area contributed by atoms with E-state index in [4.69, 9.17) is 16.3 Å². The minimum Gasteiger partial charge on any atom is -0.444 e. The van der Waals surface area contributed by atoms with Crippen LogP contribution in [0.1, 0.15) is 38.9 Å². The van der Waals surface area contributed by atoms with Crippen LogP contribution in [0.3, 0.4) is 0 Å². The Morgan fingerprint density at radius 1 is 1.50 bits per heavy atom. The number of ether oxygens (including phenoxy) is 1. The number of hydrogen-bond donors (Lipinski definition) is 3. The normalized spacial score (nSPS) is 13.9. The molecule has 0 saturated heterocycles. The number of alkyl carbamates (subject to hydrolysis) is 1. The summed E-state index contributed by atoms with van der Waals surface area (Å²) in [4.78, 5) is 25.1. The van der Waals surface area contributed by atoms with Crippen LogP contribution in [0.15, 0.2) is 12.3 Å². The SMILES string of the molecule is CC(C)(C)OC(=O)NCCC(O)C(O)c1cnc(Cl)c([N+](=O)[O-])c1. The molecule has 0 bridgehead atoms. The number of rotatable bonds is 6. The van der Waals surface area contributed by atoms with Gasteiger partial charge in [-0.3, -0.25) is 10.1 Å². The summed E-state index contributed by atoms with van der Waals surface area (Å²) >= 11 is 5.59. The van der Waals surface area contributed by atoms with E-state index in [-0.39, 0.29) is 23.7 Å². The van der Waals surface area contributed by atoms with Crippen molar-refractivity contribution >= 4 is 23.4 Å². The molecule has 24 heavy (non-hydrogen) atoms. The molecular weight excluding hydrogens is 342 g/mol. The third kappa shape index (κ3) is 6.26. The van der Waals surface area contributed by atoms with Gasteiger partial charge in [-0.05, 0) is 27.2 Å². The third-order valence-corrected chi connectivity index (χ3v) is 3.14. The van der Waals surface area contributed by atoms with Gasteiger partial charge in [-0.1, -0.05) is 11.6 Å². The molecule has 0 aliphatic heterocycles. The van der Waals surface area contributed by atoms with Gasteiger partial charge in [0.25, 0.3) is 0 Å². The molecule has 0 aromatic carbocycles. The molecule has 2 atom stereocenters. The van der Waals surface area contributed by atoms with Crippen LogP contribution in [0.25, 0.3) is 0 Å². The van der Waals surface area contributed by atoms with Crippen molar-refractivity contribution in [3.05, 3.63) is 33.1 Å². The zero-order valence-corrected chi connectivity index (χ0v) is 14.3. The molecule has 1 rings (SSSR count). The molecule has 0 aliphatic carbocycles. The van der Waals surface area contributed by atoms with E-state index in [0.29, 0.717) is 0 Å². The summed E-state index contributed by atoms with van der Waals surface area (Å²) in [5.41, 5.74) is -1.06. The van der Waals surface area contributed by atoms with E-state index in [1.807, 2.05) is 0 Å². The van der Waals surface area contributed by atoms with Crippen LogP contribution in [-0.2, 0) is 4.74 Å². The first-order valence-electron chi connectivity index (χ1n) is 7.14. The smallest absolute Gasteiger partial charge is 0.407 e. The Morgan fingerprint density at radius 3 is 2.67 bits per heavy atom. The number of nitrogens with one attached hydrogen (secondary N) is 1. The average molecular weight is 362 g/mol. The van der Waals surface area contributed by atoms with Gasteiger partial charge in [0.15, 0.2) is 0 Å². The predicted octanol–water partition coefficient (Wildman–Crippen LogP) is 1.95. The van der Waals surface area contributed by atoms with Crippen molar-refractivity contribution in [1.82, 2.24) is 10.3 Å². The van der Waals surface area contributed by atoms with Gasteiger partial charge >= 0.3 is 11.8 Å². The van der Waals surface area contributed by atoms with Gasteiger partial charge in [0.1, 0.15) is 11.7 Å². The Labute approximate surface area is 143 Å². The second-order valence-corrected chi connectivity index (χ2v) is 6.42. The maximum atomic E-state index is 11.5. The molecule has 1 amide bonds. The van der Waals surface area contributed by atoms with Crippen molar-refractivity contribution in [2.75, 3.05) is 6.54 Å². The molecule has 1 aromatic heterocycles. The molecule has 10 heteroatoms. The molecule has 1 aromatic rings. The van der Waals surface area contributed by atoms with Crippen LogP contribution < -0.4 is 5.32 Å². The van der Waals surface area contributed by atoms with E-state index in [1.165, 1.54) is 0 Å². The molecule has 0 aliphatic rings. The van der Waals surface area contributed by atoms with Crippen LogP contribution in [0, 0.1) is 10.1 Å². The third-order valence-electron chi connectivity index (χ3n) is 2.85. The van der Waals surface area contributed by atoms with Crippen molar-refractivity contribution < 1.29 is 24.7 Å². The lowest BCUT2D eigenvalue weighted by atomic mass is 10.0. The van der Waals surface area contributed by atoms with Crippen LogP contribution in [0.5, 0.6) is 0 Å². The van der Waals surface area contributed by atoms with E-state index in [9.17, 15) is 25.1 Å². The number of pyridine rings is 1. The van der Waals surface area contributed by atoms with Gasteiger partial charge in [0.05, 0.1) is 11.0 Å². The minimum absolute atomic E-state index is 0.0107. The Morgan fingerprint density at radius 2 is 2.12 bits per heavy atom. The van der Waals surface area contributed by atoms with Gasteiger partial charge in [-0.25, -0.2) is 9.78 Å². The van der Waals surface area contributed by atoms with Crippen LogP contribution >= 0.6 is 11.6 Å². The molecule has 134 valence electrons. The van der Waals surface area contributed by atoms with E-state index >= 15 is 0 Å². The number of carbonyl (C=O) groups is 1. The number of aliphatic hydroxyl groups excluding tert-OH is 2. The highest BCUT2D eigenvalue weighted by molar-refractivity contribution is 6.31. The fourth-order valence-electron chi connectivity index (χ4n) is 1.76. The standard InChI is InChI=1S/C14H20ClN3O6/c1-14(2,3)24-13(21)16-5-4-10(19)11(20)8-6-9(18(22)23)12(15)17-7-8/h6-7,10-11,19-20H,4-5H2,1-3H3,(H,16,21). The van der Waals surface area contributed by atoms with E-state index in [0.717, 1.165) is 12.3 Å². The lowest BCUT2D eigenvalue weighted by Crippen LogP contribution is -2.34. The number of halogens is 1. The van der Waals surface area contributed by atoms with Gasteiger partial charge < -0.3 is 20.3 Å². The Hall–Kier alpha value is -1.97. The topological polar surface area (TPSA) is 135 Å². The lowest BCUT2D eigenvalue weighted by Gasteiger charge is -2.21.